The van der Waals surface area contributed by atoms with Gasteiger partial charge in [-0.25, -0.2) is 4.98 Å². The molecular formula is C15H18N4O3. The van der Waals surface area contributed by atoms with Gasteiger partial charge in [-0.2, -0.15) is 0 Å². The Hall–Kier alpha value is -2.25. The van der Waals surface area contributed by atoms with Crippen LogP contribution in [0.15, 0.2) is 35.4 Å². The standard InChI is InChI=1S/C15H18N4O3/c20-14(9-18-5-7-22-8-6-18)17-11-19-10-16-13-4-2-1-3-12(13)15(19)21/h1-4,10H,5-9,11H2,(H,17,20). The number of para-hydroxylation sites is 1. The number of benzene rings is 1. The van der Waals surface area contributed by atoms with Crippen LogP contribution in [0.4, 0.5) is 0 Å². The van der Waals surface area contributed by atoms with Gasteiger partial charge in [0.05, 0.1) is 43.7 Å². The Kier molecular flexibility index (Phi) is 4.45. The normalized spacial score (nSPS) is 15.8. The number of rotatable bonds is 4. The van der Waals surface area contributed by atoms with Crippen LogP contribution in [0.5, 0.6) is 0 Å². The van der Waals surface area contributed by atoms with Crippen LogP contribution in [0.1, 0.15) is 0 Å². The molecule has 1 aromatic heterocycles. The number of morpholine rings is 1. The van der Waals surface area contributed by atoms with Gasteiger partial charge in [-0.3, -0.25) is 19.1 Å². The van der Waals surface area contributed by atoms with Crippen LogP contribution in [-0.2, 0) is 16.2 Å². The van der Waals surface area contributed by atoms with Gasteiger partial charge in [0.15, 0.2) is 0 Å². The second-order valence-corrected chi connectivity index (χ2v) is 5.18. The number of hydrogen-bond donors (Lipinski definition) is 1. The molecule has 0 atom stereocenters. The first-order chi connectivity index (χ1) is 10.7. The largest absolute Gasteiger partial charge is 0.379 e. The summed E-state index contributed by atoms with van der Waals surface area (Å²) in [4.78, 5) is 30.5. The molecule has 1 aromatic carbocycles. The molecule has 2 aromatic rings. The predicted octanol–water partition coefficient (Wildman–Crippen LogP) is -0.198. The van der Waals surface area contributed by atoms with Crippen LogP contribution in [0.2, 0.25) is 0 Å². The Bertz CT molecular complexity index is 722. The summed E-state index contributed by atoms with van der Waals surface area (Å²) in [5.74, 6) is -0.109. The third-order valence-corrected chi connectivity index (χ3v) is 3.65. The lowest BCUT2D eigenvalue weighted by molar-refractivity contribution is -0.123. The smallest absolute Gasteiger partial charge is 0.262 e. The molecule has 1 aliphatic heterocycles. The minimum Gasteiger partial charge on any atom is -0.379 e. The molecule has 2 heterocycles. The van der Waals surface area contributed by atoms with Crippen molar-refractivity contribution < 1.29 is 9.53 Å². The van der Waals surface area contributed by atoms with Crippen LogP contribution in [0.25, 0.3) is 10.9 Å². The number of ether oxygens (including phenoxy) is 1. The van der Waals surface area contributed by atoms with E-state index in [4.69, 9.17) is 4.74 Å². The molecule has 0 unspecified atom stereocenters. The Labute approximate surface area is 127 Å². The van der Waals surface area contributed by atoms with Crippen molar-refractivity contribution in [2.75, 3.05) is 32.8 Å². The number of amides is 1. The van der Waals surface area contributed by atoms with E-state index >= 15 is 0 Å². The number of fused-ring (bicyclic) bond motifs is 1. The third kappa shape index (κ3) is 3.32. The summed E-state index contributed by atoms with van der Waals surface area (Å²) in [6.07, 6.45) is 1.46. The van der Waals surface area contributed by atoms with Gasteiger partial charge < -0.3 is 10.1 Å². The Balaban J connectivity index is 1.62. The van der Waals surface area contributed by atoms with E-state index in [1.807, 2.05) is 11.0 Å². The molecule has 0 aliphatic carbocycles. The van der Waals surface area contributed by atoms with Gasteiger partial charge in [-0.05, 0) is 12.1 Å². The summed E-state index contributed by atoms with van der Waals surface area (Å²) in [5, 5.41) is 3.30. The van der Waals surface area contributed by atoms with Crippen molar-refractivity contribution in [1.82, 2.24) is 19.8 Å². The first-order valence-electron chi connectivity index (χ1n) is 7.25. The Morgan fingerprint density at radius 1 is 1.27 bits per heavy atom. The van der Waals surface area contributed by atoms with E-state index in [9.17, 15) is 9.59 Å². The van der Waals surface area contributed by atoms with Crippen molar-refractivity contribution in [3.05, 3.63) is 40.9 Å². The SMILES string of the molecule is O=C(CN1CCOCC1)NCn1cnc2ccccc2c1=O. The van der Waals surface area contributed by atoms with Crippen LogP contribution in [0, 0.1) is 0 Å². The summed E-state index contributed by atoms with van der Waals surface area (Å²) in [6.45, 7) is 3.26. The van der Waals surface area contributed by atoms with Crippen molar-refractivity contribution in [3.63, 3.8) is 0 Å². The average molecular weight is 302 g/mol. The van der Waals surface area contributed by atoms with Gasteiger partial charge in [0.25, 0.3) is 5.56 Å². The molecule has 0 bridgehead atoms. The molecule has 0 spiro atoms. The van der Waals surface area contributed by atoms with Gasteiger partial charge in [-0.15, -0.1) is 0 Å². The van der Waals surface area contributed by atoms with Crippen LogP contribution in [0.3, 0.4) is 0 Å². The second kappa shape index (κ2) is 6.67. The average Bonchev–Trinajstić information content (AvgIpc) is 2.55. The molecule has 1 N–H and O–H groups in total. The molecule has 0 saturated carbocycles. The first-order valence-corrected chi connectivity index (χ1v) is 7.25. The molecule has 116 valence electrons. The third-order valence-electron chi connectivity index (χ3n) is 3.65. The molecule has 7 nitrogen and oxygen atoms in total. The van der Waals surface area contributed by atoms with Gasteiger partial charge in [0.2, 0.25) is 5.91 Å². The molecule has 1 amide bonds. The zero-order valence-corrected chi connectivity index (χ0v) is 12.2. The molecule has 0 radical (unpaired) electrons. The highest BCUT2D eigenvalue weighted by Gasteiger charge is 2.14. The lowest BCUT2D eigenvalue weighted by atomic mass is 10.2. The Morgan fingerprint density at radius 2 is 2.05 bits per heavy atom. The van der Waals surface area contributed by atoms with Crippen molar-refractivity contribution in [2.45, 2.75) is 6.67 Å². The monoisotopic (exact) mass is 302 g/mol. The highest BCUT2D eigenvalue weighted by atomic mass is 16.5. The van der Waals surface area contributed by atoms with Gasteiger partial charge in [-0.1, -0.05) is 12.1 Å². The zero-order valence-electron chi connectivity index (χ0n) is 12.2. The minimum atomic E-state index is -0.155. The molecule has 7 heteroatoms. The van der Waals surface area contributed by atoms with Crippen molar-refractivity contribution in [3.8, 4) is 0 Å². The highest BCUT2D eigenvalue weighted by Crippen LogP contribution is 2.04. The maximum atomic E-state index is 12.3. The van der Waals surface area contributed by atoms with E-state index < -0.39 is 0 Å². The fourth-order valence-corrected chi connectivity index (χ4v) is 2.41. The quantitative estimate of drug-likeness (QED) is 0.846. The van der Waals surface area contributed by atoms with Crippen molar-refractivity contribution in [2.24, 2.45) is 0 Å². The number of nitrogens with one attached hydrogen (secondary N) is 1. The fourth-order valence-electron chi connectivity index (χ4n) is 2.41. The van der Waals surface area contributed by atoms with Crippen molar-refractivity contribution in [1.29, 1.82) is 0 Å². The molecule has 1 fully saturated rings. The zero-order chi connectivity index (χ0) is 15.4. The van der Waals surface area contributed by atoms with E-state index in [1.165, 1.54) is 10.9 Å². The minimum absolute atomic E-state index is 0.109. The first kappa shape index (κ1) is 14.7. The number of nitrogens with zero attached hydrogens (tertiary/aromatic N) is 3. The van der Waals surface area contributed by atoms with Gasteiger partial charge in [0.1, 0.15) is 0 Å². The summed E-state index contributed by atoms with van der Waals surface area (Å²) in [6, 6.07) is 7.16. The van der Waals surface area contributed by atoms with Crippen LogP contribution in [-0.4, -0.2) is 53.2 Å². The number of hydrogen-bond acceptors (Lipinski definition) is 5. The van der Waals surface area contributed by atoms with Gasteiger partial charge >= 0.3 is 0 Å². The summed E-state index contributed by atoms with van der Waals surface area (Å²) in [5.41, 5.74) is 0.501. The number of carbonyl (C=O) groups excluding carboxylic acids is 1. The molecular weight excluding hydrogens is 284 g/mol. The van der Waals surface area contributed by atoms with E-state index in [0.717, 1.165) is 13.1 Å². The molecule has 22 heavy (non-hydrogen) atoms. The summed E-state index contributed by atoms with van der Waals surface area (Å²) in [7, 11) is 0. The van der Waals surface area contributed by atoms with E-state index in [-0.39, 0.29) is 18.1 Å². The molecule has 3 rings (SSSR count). The number of carbonyl (C=O) groups is 1. The van der Waals surface area contributed by atoms with Crippen LogP contribution >= 0.6 is 0 Å². The lowest BCUT2D eigenvalue weighted by Crippen LogP contribution is -2.44. The fraction of sp³-hybridized carbons (Fsp3) is 0.400. The van der Waals surface area contributed by atoms with Crippen molar-refractivity contribution >= 4 is 16.8 Å². The second-order valence-electron chi connectivity index (χ2n) is 5.18. The maximum absolute atomic E-state index is 12.3. The predicted molar refractivity (Wildman–Crippen MR) is 81.4 cm³/mol. The molecule has 1 saturated heterocycles. The lowest BCUT2D eigenvalue weighted by Gasteiger charge is -2.25. The maximum Gasteiger partial charge on any atom is 0.262 e. The van der Waals surface area contributed by atoms with E-state index in [2.05, 4.69) is 10.3 Å². The van der Waals surface area contributed by atoms with Crippen LogP contribution < -0.4 is 10.9 Å². The summed E-state index contributed by atoms with van der Waals surface area (Å²) < 4.78 is 6.64. The van der Waals surface area contributed by atoms with E-state index in [1.54, 1.807) is 18.2 Å². The Morgan fingerprint density at radius 3 is 2.86 bits per heavy atom. The van der Waals surface area contributed by atoms with E-state index in [0.29, 0.717) is 30.7 Å². The number of aromatic nitrogens is 2. The summed E-state index contributed by atoms with van der Waals surface area (Å²) >= 11 is 0. The highest BCUT2D eigenvalue weighted by molar-refractivity contribution is 5.78. The topological polar surface area (TPSA) is 76.5 Å². The van der Waals surface area contributed by atoms with Gasteiger partial charge in [0, 0.05) is 13.1 Å². The molecule has 1 aliphatic rings.